The van der Waals surface area contributed by atoms with Gasteiger partial charge in [-0.05, 0) is 26.7 Å². The minimum absolute atomic E-state index is 0.0610. The highest BCUT2D eigenvalue weighted by molar-refractivity contribution is 5.86. The van der Waals surface area contributed by atoms with Gasteiger partial charge in [0.05, 0.1) is 0 Å². The van der Waals surface area contributed by atoms with E-state index < -0.39 is 6.04 Å². The number of amides is 3. The predicted molar refractivity (Wildman–Crippen MR) is 66.7 cm³/mol. The Labute approximate surface area is 103 Å². The van der Waals surface area contributed by atoms with Gasteiger partial charge in [-0.2, -0.15) is 0 Å². The molecule has 98 valence electrons. The van der Waals surface area contributed by atoms with Gasteiger partial charge in [0.25, 0.3) is 0 Å². The first-order valence-electron chi connectivity index (χ1n) is 6.36. The third-order valence-electron chi connectivity index (χ3n) is 3.26. The van der Waals surface area contributed by atoms with Gasteiger partial charge in [-0.15, -0.1) is 0 Å². The van der Waals surface area contributed by atoms with Crippen LogP contribution in [0.15, 0.2) is 0 Å². The van der Waals surface area contributed by atoms with Crippen molar-refractivity contribution < 1.29 is 9.59 Å². The lowest BCUT2D eigenvalue weighted by Gasteiger charge is -2.21. The topological polar surface area (TPSA) is 61.4 Å². The number of carbonyl (C=O) groups excluding carboxylic acids is 2. The van der Waals surface area contributed by atoms with Crippen LogP contribution in [-0.4, -0.2) is 42.5 Å². The van der Waals surface area contributed by atoms with E-state index >= 15 is 0 Å². The second kappa shape index (κ2) is 6.47. The lowest BCUT2D eigenvalue weighted by molar-refractivity contribution is -0.131. The van der Waals surface area contributed by atoms with Gasteiger partial charge in [0.2, 0.25) is 5.91 Å². The number of urea groups is 1. The molecule has 0 aliphatic heterocycles. The summed E-state index contributed by atoms with van der Waals surface area (Å²) in [7, 11) is 1.73. The molecule has 0 aromatic carbocycles. The van der Waals surface area contributed by atoms with E-state index in [0.29, 0.717) is 6.54 Å². The Morgan fingerprint density at radius 2 is 1.94 bits per heavy atom. The van der Waals surface area contributed by atoms with Crippen molar-refractivity contribution >= 4 is 11.9 Å². The summed E-state index contributed by atoms with van der Waals surface area (Å²) in [6.07, 6.45) is 4.45. The lowest BCUT2D eigenvalue weighted by Crippen LogP contribution is -2.50. The number of likely N-dealkylation sites (N-methyl/N-ethyl adjacent to an activating group) is 1. The Balaban J connectivity index is 2.31. The smallest absolute Gasteiger partial charge is 0.315 e. The van der Waals surface area contributed by atoms with E-state index in [4.69, 9.17) is 0 Å². The summed E-state index contributed by atoms with van der Waals surface area (Å²) < 4.78 is 0. The molecule has 1 atom stereocenters. The predicted octanol–water partition coefficient (Wildman–Crippen LogP) is 1.09. The minimum Gasteiger partial charge on any atom is -0.344 e. The summed E-state index contributed by atoms with van der Waals surface area (Å²) in [6.45, 7) is 4.26. The summed E-state index contributed by atoms with van der Waals surface area (Å²) in [4.78, 5) is 25.0. The second-order valence-corrected chi connectivity index (χ2v) is 4.67. The fraction of sp³-hybridized carbons (Fsp3) is 0.833. The molecule has 0 saturated heterocycles. The van der Waals surface area contributed by atoms with Crippen molar-refractivity contribution in [2.24, 2.45) is 0 Å². The van der Waals surface area contributed by atoms with Gasteiger partial charge in [0.15, 0.2) is 0 Å². The maximum absolute atomic E-state index is 11.7. The Bertz CT molecular complexity index is 275. The Morgan fingerprint density at radius 3 is 2.47 bits per heavy atom. The molecule has 0 radical (unpaired) electrons. The van der Waals surface area contributed by atoms with E-state index in [-0.39, 0.29) is 18.0 Å². The molecule has 1 fully saturated rings. The van der Waals surface area contributed by atoms with Gasteiger partial charge >= 0.3 is 6.03 Å². The zero-order chi connectivity index (χ0) is 12.8. The van der Waals surface area contributed by atoms with Gasteiger partial charge in [0.1, 0.15) is 6.04 Å². The van der Waals surface area contributed by atoms with Crippen molar-refractivity contribution in [2.45, 2.75) is 51.6 Å². The Hall–Kier alpha value is -1.26. The third-order valence-corrected chi connectivity index (χ3v) is 3.26. The van der Waals surface area contributed by atoms with Crippen LogP contribution < -0.4 is 10.6 Å². The molecule has 0 aromatic heterocycles. The zero-order valence-electron chi connectivity index (χ0n) is 11.0. The first kappa shape index (κ1) is 13.8. The molecule has 17 heavy (non-hydrogen) atoms. The molecular formula is C12H23N3O2. The summed E-state index contributed by atoms with van der Waals surface area (Å²) in [5.74, 6) is -0.0610. The molecule has 0 spiro atoms. The van der Waals surface area contributed by atoms with Gasteiger partial charge in [-0.25, -0.2) is 4.79 Å². The SMILES string of the molecule is CCN(C)C(=O)C(C)NC(=O)NC1CCCC1. The summed E-state index contributed by atoms with van der Waals surface area (Å²) in [6, 6.07) is -0.426. The molecule has 1 rings (SSSR count). The van der Waals surface area contributed by atoms with E-state index in [2.05, 4.69) is 10.6 Å². The molecule has 0 aromatic rings. The van der Waals surface area contributed by atoms with Crippen molar-refractivity contribution in [3.63, 3.8) is 0 Å². The van der Waals surface area contributed by atoms with E-state index in [1.165, 1.54) is 12.8 Å². The largest absolute Gasteiger partial charge is 0.344 e. The standard InChI is InChI=1S/C12H23N3O2/c1-4-15(3)11(16)9(2)13-12(17)14-10-7-5-6-8-10/h9-10H,4-8H2,1-3H3,(H2,13,14,17). The van der Waals surface area contributed by atoms with Gasteiger partial charge < -0.3 is 15.5 Å². The van der Waals surface area contributed by atoms with E-state index in [0.717, 1.165) is 12.8 Å². The normalized spacial score (nSPS) is 17.6. The maximum atomic E-state index is 11.7. The van der Waals surface area contributed by atoms with Crippen LogP contribution in [-0.2, 0) is 4.79 Å². The van der Waals surface area contributed by atoms with Crippen LogP contribution in [0.3, 0.4) is 0 Å². The lowest BCUT2D eigenvalue weighted by atomic mass is 10.2. The van der Waals surface area contributed by atoms with Crippen LogP contribution in [0, 0.1) is 0 Å². The fourth-order valence-corrected chi connectivity index (χ4v) is 2.04. The van der Waals surface area contributed by atoms with Crippen molar-refractivity contribution in [3.8, 4) is 0 Å². The average Bonchev–Trinajstić information content (AvgIpc) is 2.79. The first-order chi connectivity index (χ1) is 8.04. The minimum atomic E-state index is -0.471. The van der Waals surface area contributed by atoms with E-state index in [1.54, 1.807) is 18.9 Å². The molecule has 1 aliphatic rings. The number of carbonyl (C=O) groups is 2. The van der Waals surface area contributed by atoms with Crippen LogP contribution in [0.1, 0.15) is 39.5 Å². The third kappa shape index (κ3) is 4.24. The number of nitrogens with one attached hydrogen (secondary N) is 2. The summed E-state index contributed by atoms with van der Waals surface area (Å²) >= 11 is 0. The van der Waals surface area contributed by atoms with Crippen LogP contribution in [0.25, 0.3) is 0 Å². The van der Waals surface area contributed by atoms with E-state index in [1.807, 2.05) is 6.92 Å². The average molecular weight is 241 g/mol. The number of nitrogens with zero attached hydrogens (tertiary/aromatic N) is 1. The maximum Gasteiger partial charge on any atom is 0.315 e. The highest BCUT2D eigenvalue weighted by atomic mass is 16.2. The van der Waals surface area contributed by atoms with Crippen LogP contribution in [0.2, 0.25) is 0 Å². The molecule has 0 heterocycles. The Kier molecular flexibility index (Phi) is 5.25. The van der Waals surface area contributed by atoms with E-state index in [9.17, 15) is 9.59 Å². The molecular weight excluding hydrogens is 218 g/mol. The number of rotatable bonds is 4. The molecule has 0 bridgehead atoms. The molecule has 5 nitrogen and oxygen atoms in total. The van der Waals surface area contributed by atoms with Crippen molar-refractivity contribution in [1.29, 1.82) is 0 Å². The molecule has 1 aliphatic carbocycles. The number of hydrogen-bond donors (Lipinski definition) is 2. The van der Waals surface area contributed by atoms with Crippen molar-refractivity contribution in [3.05, 3.63) is 0 Å². The fourth-order valence-electron chi connectivity index (χ4n) is 2.04. The molecule has 1 saturated carbocycles. The molecule has 2 N–H and O–H groups in total. The number of hydrogen-bond acceptors (Lipinski definition) is 2. The highest BCUT2D eigenvalue weighted by Crippen LogP contribution is 2.17. The Morgan fingerprint density at radius 1 is 1.35 bits per heavy atom. The molecule has 5 heteroatoms. The first-order valence-corrected chi connectivity index (χ1v) is 6.36. The monoisotopic (exact) mass is 241 g/mol. The summed E-state index contributed by atoms with van der Waals surface area (Å²) in [5.41, 5.74) is 0. The van der Waals surface area contributed by atoms with Gasteiger partial charge in [-0.3, -0.25) is 4.79 Å². The van der Waals surface area contributed by atoms with Crippen molar-refractivity contribution in [2.75, 3.05) is 13.6 Å². The summed E-state index contributed by atoms with van der Waals surface area (Å²) in [5, 5.41) is 5.58. The van der Waals surface area contributed by atoms with Gasteiger partial charge in [-0.1, -0.05) is 12.8 Å². The highest BCUT2D eigenvalue weighted by Gasteiger charge is 2.21. The molecule has 1 unspecified atom stereocenters. The van der Waals surface area contributed by atoms with Crippen LogP contribution in [0.5, 0.6) is 0 Å². The van der Waals surface area contributed by atoms with Gasteiger partial charge in [0, 0.05) is 19.6 Å². The quantitative estimate of drug-likeness (QED) is 0.774. The van der Waals surface area contributed by atoms with Crippen LogP contribution in [0.4, 0.5) is 4.79 Å². The molecule has 3 amide bonds. The van der Waals surface area contributed by atoms with Crippen LogP contribution >= 0.6 is 0 Å². The zero-order valence-corrected chi connectivity index (χ0v) is 11.0. The second-order valence-electron chi connectivity index (χ2n) is 4.67. The van der Waals surface area contributed by atoms with Crippen molar-refractivity contribution in [1.82, 2.24) is 15.5 Å².